The van der Waals surface area contributed by atoms with Crippen LogP contribution in [0.3, 0.4) is 0 Å². The van der Waals surface area contributed by atoms with Crippen LogP contribution in [0.5, 0.6) is 5.75 Å². The SMILES string of the molecule is COc1ccc(C(=O)OCCCCCCCCCl)cc1. The average Bonchev–Trinajstić information content (AvgIpc) is 2.50. The van der Waals surface area contributed by atoms with Gasteiger partial charge in [0.05, 0.1) is 19.3 Å². The Morgan fingerprint density at radius 3 is 2.20 bits per heavy atom. The van der Waals surface area contributed by atoms with Gasteiger partial charge < -0.3 is 9.47 Å². The molecule has 0 spiro atoms. The number of carbonyl (C=O) groups excluding carboxylic acids is 1. The van der Waals surface area contributed by atoms with E-state index in [9.17, 15) is 4.79 Å². The molecule has 0 unspecified atom stereocenters. The zero-order chi connectivity index (χ0) is 14.6. The Morgan fingerprint density at radius 1 is 1.00 bits per heavy atom. The lowest BCUT2D eigenvalue weighted by Crippen LogP contribution is -2.06. The van der Waals surface area contributed by atoms with E-state index in [-0.39, 0.29) is 5.97 Å². The first-order valence-corrected chi connectivity index (χ1v) is 7.68. The molecule has 0 N–H and O–H groups in total. The largest absolute Gasteiger partial charge is 0.497 e. The fraction of sp³-hybridized carbons (Fsp3) is 0.562. The molecule has 3 nitrogen and oxygen atoms in total. The molecular formula is C16H23ClO3. The van der Waals surface area contributed by atoms with Gasteiger partial charge in [0.1, 0.15) is 5.75 Å². The van der Waals surface area contributed by atoms with Crippen LogP contribution >= 0.6 is 11.6 Å². The summed E-state index contributed by atoms with van der Waals surface area (Å²) >= 11 is 5.61. The van der Waals surface area contributed by atoms with Gasteiger partial charge in [0, 0.05) is 5.88 Å². The van der Waals surface area contributed by atoms with Crippen LogP contribution in [0.4, 0.5) is 0 Å². The maximum Gasteiger partial charge on any atom is 0.338 e. The van der Waals surface area contributed by atoms with Crippen molar-refractivity contribution in [3.05, 3.63) is 29.8 Å². The first-order valence-electron chi connectivity index (χ1n) is 7.15. The second kappa shape index (κ2) is 10.6. The van der Waals surface area contributed by atoms with Crippen LogP contribution in [0.1, 0.15) is 48.9 Å². The van der Waals surface area contributed by atoms with Gasteiger partial charge in [0.25, 0.3) is 0 Å². The smallest absolute Gasteiger partial charge is 0.338 e. The third-order valence-corrected chi connectivity index (χ3v) is 3.35. The van der Waals surface area contributed by atoms with E-state index in [1.54, 1.807) is 31.4 Å². The summed E-state index contributed by atoms with van der Waals surface area (Å²) in [5, 5.41) is 0. The monoisotopic (exact) mass is 298 g/mol. The van der Waals surface area contributed by atoms with E-state index in [1.807, 2.05) is 0 Å². The van der Waals surface area contributed by atoms with E-state index in [0.717, 1.165) is 30.9 Å². The summed E-state index contributed by atoms with van der Waals surface area (Å²) in [4.78, 5) is 11.7. The molecule has 0 saturated carbocycles. The molecule has 0 saturated heterocycles. The number of methoxy groups -OCH3 is 1. The van der Waals surface area contributed by atoms with E-state index in [4.69, 9.17) is 21.1 Å². The highest BCUT2D eigenvalue weighted by molar-refractivity contribution is 6.17. The molecule has 0 aliphatic heterocycles. The van der Waals surface area contributed by atoms with Crippen LogP contribution in [0.2, 0.25) is 0 Å². The predicted molar refractivity (Wildman–Crippen MR) is 81.7 cm³/mol. The summed E-state index contributed by atoms with van der Waals surface area (Å²) < 4.78 is 10.3. The summed E-state index contributed by atoms with van der Waals surface area (Å²) in [6, 6.07) is 6.95. The zero-order valence-corrected chi connectivity index (χ0v) is 12.8. The topological polar surface area (TPSA) is 35.5 Å². The van der Waals surface area contributed by atoms with Crippen molar-refractivity contribution >= 4 is 17.6 Å². The van der Waals surface area contributed by atoms with Crippen LogP contribution < -0.4 is 4.74 Å². The maximum atomic E-state index is 11.7. The number of hydrogen-bond acceptors (Lipinski definition) is 3. The molecule has 4 heteroatoms. The number of ether oxygens (including phenoxy) is 2. The first-order chi connectivity index (χ1) is 9.77. The molecule has 0 aromatic heterocycles. The van der Waals surface area contributed by atoms with Gasteiger partial charge in [-0.3, -0.25) is 0 Å². The van der Waals surface area contributed by atoms with Gasteiger partial charge in [-0.05, 0) is 37.1 Å². The Hall–Kier alpha value is -1.22. The second-order valence-corrected chi connectivity index (χ2v) is 5.05. The van der Waals surface area contributed by atoms with Crippen LogP contribution in [0.25, 0.3) is 0 Å². The molecule has 0 atom stereocenters. The van der Waals surface area contributed by atoms with Crippen molar-refractivity contribution in [2.45, 2.75) is 38.5 Å². The molecule has 1 aromatic rings. The molecule has 0 amide bonds. The summed E-state index contributed by atoms with van der Waals surface area (Å²) in [6.45, 7) is 0.486. The van der Waals surface area contributed by atoms with Crippen molar-refractivity contribution in [2.24, 2.45) is 0 Å². The van der Waals surface area contributed by atoms with Crippen molar-refractivity contribution in [3.63, 3.8) is 0 Å². The molecule has 112 valence electrons. The van der Waals surface area contributed by atoms with Crippen molar-refractivity contribution in [1.82, 2.24) is 0 Å². The van der Waals surface area contributed by atoms with Crippen molar-refractivity contribution in [3.8, 4) is 5.75 Å². The number of unbranched alkanes of at least 4 members (excludes halogenated alkanes) is 5. The summed E-state index contributed by atoms with van der Waals surface area (Å²) in [5.41, 5.74) is 0.563. The first kappa shape index (κ1) is 16.8. The molecule has 20 heavy (non-hydrogen) atoms. The zero-order valence-electron chi connectivity index (χ0n) is 12.1. The van der Waals surface area contributed by atoms with Gasteiger partial charge in [0.15, 0.2) is 0 Å². The lowest BCUT2D eigenvalue weighted by atomic mass is 10.1. The summed E-state index contributed by atoms with van der Waals surface area (Å²) in [6.07, 6.45) is 6.68. The molecule has 0 radical (unpaired) electrons. The fourth-order valence-electron chi connectivity index (χ4n) is 1.88. The number of halogens is 1. The minimum atomic E-state index is -0.269. The van der Waals surface area contributed by atoms with E-state index in [1.165, 1.54) is 19.3 Å². The van der Waals surface area contributed by atoms with Gasteiger partial charge in [-0.1, -0.05) is 25.7 Å². The lowest BCUT2D eigenvalue weighted by molar-refractivity contribution is 0.0497. The molecule has 0 bridgehead atoms. The molecule has 0 aliphatic rings. The number of esters is 1. The van der Waals surface area contributed by atoms with E-state index in [0.29, 0.717) is 12.2 Å². The Morgan fingerprint density at radius 2 is 1.60 bits per heavy atom. The molecule has 0 aliphatic carbocycles. The number of rotatable bonds is 10. The third-order valence-electron chi connectivity index (χ3n) is 3.09. The number of benzene rings is 1. The lowest BCUT2D eigenvalue weighted by Gasteiger charge is -2.05. The van der Waals surface area contributed by atoms with Crippen LogP contribution in [-0.2, 0) is 4.74 Å². The minimum Gasteiger partial charge on any atom is -0.497 e. The average molecular weight is 299 g/mol. The van der Waals surface area contributed by atoms with Crippen LogP contribution in [0.15, 0.2) is 24.3 Å². The predicted octanol–water partition coefficient (Wildman–Crippen LogP) is 4.43. The highest BCUT2D eigenvalue weighted by atomic mass is 35.5. The minimum absolute atomic E-state index is 0.269. The number of hydrogen-bond donors (Lipinski definition) is 0. The quantitative estimate of drug-likeness (QED) is 0.364. The van der Waals surface area contributed by atoms with E-state index < -0.39 is 0 Å². The molecule has 0 fully saturated rings. The van der Waals surface area contributed by atoms with Crippen molar-refractivity contribution in [1.29, 1.82) is 0 Å². The molecule has 1 aromatic carbocycles. The van der Waals surface area contributed by atoms with Gasteiger partial charge in [-0.2, -0.15) is 0 Å². The van der Waals surface area contributed by atoms with Crippen molar-refractivity contribution in [2.75, 3.05) is 19.6 Å². The fourth-order valence-corrected chi connectivity index (χ4v) is 2.07. The van der Waals surface area contributed by atoms with Gasteiger partial charge in [0.2, 0.25) is 0 Å². The van der Waals surface area contributed by atoms with Crippen LogP contribution in [-0.4, -0.2) is 25.6 Å². The van der Waals surface area contributed by atoms with Crippen LogP contribution in [0, 0.1) is 0 Å². The number of alkyl halides is 1. The van der Waals surface area contributed by atoms with E-state index >= 15 is 0 Å². The van der Waals surface area contributed by atoms with Gasteiger partial charge >= 0.3 is 5.97 Å². The third kappa shape index (κ3) is 6.80. The standard InChI is InChI=1S/C16H23ClO3/c1-19-15-10-8-14(9-11-15)16(18)20-13-7-5-3-2-4-6-12-17/h8-11H,2-7,12-13H2,1H3. The molecular weight excluding hydrogens is 276 g/mol. The Bertz CT molecular complexity index is 376. The highest BCUT2D eigenvalue weighted by Gasteiger charge is 2.06. The maximum absolute atomic E-state index is 11.7. The second-order valence-electron chi connectivity index (χ2n) is 4.67. The van der Waals surface area contributed by atoms with Gasteiger partial charge in [-0.15, -0.1) is 11.6 Å². The van der Waals surface area contributed by atoms with Crippen molar-refractivity contribution < 1.29 is 14.3 Å². The molecule has 1 rings (SSSR count). The summed E-state index contributed by atoms with van der Waals surface area (Å²) in [5.74, 6) is 1.22. The normalized spacial score (nSPS) is 10.3. The van der Waals surface area contributed by atoms with Gasteiger partial charge in [-0.25, -0.2) is 4.79 Å². The Balaban J connectivity index is 2.10. The Kier molecular flexibility index (Phi) is 8.88. The summed E-state index contributed by atoms with van der Waals surface area (Å²) in [7, 11) is 1.60. The Labute approximate surface area is 126 Å². The highest BCUT2D eigenvalue weighted by Crippen LogP contribution is 2.12. The molecule has 0 heterocycles. The van der Waals surface area contributed by atoms with E-state index in [2.05, 4.69) is 0 Å². The number of carbonyl (C=O) groups is 1.